The summed E-state index contributed by atoms with van der Waals surface area (Å²) in [4.78, 5) is 0. The van der Waals surface area contributed by atoms with Gasteiger partial charge in [-0.05, 0) is 51.8 Å². The van der Waals surface area contributed by atoms with Crippen LogP contribution in [0.5, 0.6) is 0 Å². The van der Waals surface area contributed by atoms with E-state index in [0.29, 0.717) is 26.3 Å². The van der Waals surface area contributed by atoms with Gasteiger partial charge in [0.1, 0.15) is 15.7 Å². The predicted molar refractivity (Wildman–Crippen MR) is 85.9 cm³/mol. The molecule has 1 aliphatic carbocycles. The Bertz CT molecular complexity index is 750. The largest absolute Gasteiger partial charge is 0.464 e. The standard InChI is InChI=1S/C14H16BrNO3S2/c1-9-7-11(9)13-4-3-10(19-13)8-16(2)21(17,18)14-12(15)5-6-20-14/h3-6,9,11H,7-8H2,1-2H3. The smallest absolute Gasteiger partial charge is 0.253 e. The Kier molecular flexibility index (Phi) is 4.02. The van der Waals surface area contributed by atoms with Crippen LogP contribution in [-0.4, -0.2) is 19.8 Å². The molecule has 2 aromatic heterocycles. The van der Waals surface area contributed by atoms with E-state index in [0.717, 1.165) is 12.2 Å². The van der Waals surface area contributed by atoms with Gasteiger partial charge in [-0.15, -0.1) is 11.3 Å². The van der Waals surface area contributed by atoms with Gasteiger partial charge >= 0.3 is 0 Å². The Labute approximate surface area is 136 Å². The van der Waals surface area contributed by atoms with Crippen LogP contribution < -0.4 is 0 Å². The van der Waals surface area contributed by atoms with Gasteiger partial charge in [-0.3, -0.25) is 0 Å². The molecular weight excluding hydrogens is 374 g/mol. The lowest BCUT2D eigenvalue weighted by atomic mass is 10.3. The topological polar surface area (TPSA) is 50.5 Å². The maximum absolute atomic E-state index is 12.5. The summed E-state index contributed by atoms with van der Waals surface area (Å²) in [5.41, 5.74) is 0. The normalized spacial score (nSPS) is 21.9. The van der Waals surface area contributed by atoms with Crippen molar-refractivity contribution in [3.63, 3.8) is 0 Å². The molecule has 0 saturated heterocycles. The molecule has 114 valence electrons. The van der Waals surface area contributed by atoms with Crippen molar-refractivity contribution in [1.29, 1.82) is 0 Å². The predicted octanol–water partition coefficient (Wildman–Crippen LogP) is 4.05. The zero-order valence-electron chi connectivity index (χ0n) is 11.7. The van der Waals surface area contributed by atoms with Gasteiger partial charge in [0.25, 0.3) is 10.0 Å². The Morgan fingerprint density at radius 1 is 1.43 bits per heavy atom. The lowest BCUT2D eigenvalue weighted by Crippen LogP contribution is -2.25. The van der Waals surface area contributed by atoms with E-state index in [-0.39, 0.29) is 6.54 Å². The number of nitrogens with zero attached hydrogens (tertiary/aromatic N) is 1. The van der Waals surface area contributed by atoms with Crippen molar-refractivity contribution in [3.05, 3.63) is 39.6 Å². The number of halogens is 1. The minimum absolute atomic E-state index is 0.244. The highest BCUT2D eigenvalue weighted by atomic mass is 79.9. The minimum atomic E-state index is -3.49. The minimum Gasteiger partial charge on any atom is -0.464 e. The summed E-state index contributed by atoms with van der Waals surface area (Å²) in [6.07, 6.45) is 1.16. The molecule has 2 atom stereocenters. The Balaban J connectivity index is 1.75. The van der Waals surface area contributed by atoms with Crippen LogP contribution in [0.4, 0.5) is 0 Å². The van der Waals surface area contributed by atoms with Crippen molar-refractivity contribution in [3.8, 4) is 0 Å². The molecule has 0 aromatic carbocycles. The van der Waals surface area contributed by atoms with Crippen molar-refractivity contribution < 1.29 is 12.8 Å². The summed E-state index contributed by atoms with van der Waals surface area (Å²) in [5.74, 6) is 2.84. The van der Waals surface area contributed by atoms with Crippen molar-refractivity contribution in [2.75, 3.05) is 7.05 Å². The molecule has 0 spiro atoms. The summed E-state index contributed by atoms with van der Waals surface area (Å²) in [7, 11) is -1.91. The molecular formula is C14H16BrNO3S2. The van der Waals surface area contributed by atoms with E-state index in [1.807, 2.05) is 12.1 Å². The Morgan fingerprint density at radius 2 is 2.14 bits per heavy atom. The van der Waals surface area contributed by atoms with E-state index in [9.17, 15) is 8.42 Å². The van der Waals surface area contributed by atoms with Gasteiger partial charge in [-0.2, -0.15) is 4.31 Å². The molecule has 1 fully saturated rings. The monoisotopic (exact) mass is 389 g/mol. The number of sulfonamides is 1. The van der Waals surface area contributed by atoms with Gasteiger partial charge in [-0.25, -0.2) is 8.42 Å². The van der Waals surface area contributed by atoms with Crippen LogP contribution in [0.15, 0.2) is 36.7 Å². The zero-order valence-corrected chi connectivity index (χ0v) is 15.0. The van der Waals surface area contributed by atoms with Crippen molar-refractivity contribution in [2.24, 2.45) is 5.92 Å². The second-order valence-corrected chi connectivity index (χ2v) is 9.45. The molecule has 7 heteroatoms. The Morgan fingerprint density at radius 3 is 2.71 bits per heavy atom. The Hall–Kier alpha value is -0.630. The SMILES string of the molecule is CC1CC1c1ccc(CN(C)S(=O)(=O)c2sccc2Br)o1. The van der Waals surface area contributed by atoms with Crippen molar-refractivity contribution >= 4 is 37.3 Å². The van der Waals surface area contributed by atoms with Crippen LogP contribution in [0.1, 0.15) is 30.8 Å². The molecule has 4 nitrogen and oxygen atoms in total. The van der Waals surface area contributed by atoms with Crippen molar-refractivity contribution in [2.45, 2.75) is 30.0 Å². The number of thiophene rings is 1. The van der Waals surface area contributed by atoms with Crippen LogP contribution in [0, 0.1) is 5.92 Å². The van der Waals surface area contributed by atoms with Gasteiger partial charge in [0.2, 0.25) is 0 Å². The molecule has 1 saturated carbocycles. The van der Waals surface area contributed by atoms with Crippen LogP contribution in [-0.2, 0) is 16.6 Å². The highest BCUT2D eigenvalue weighted by molar-refractivity contribution is 9.10. The lowest BCUT2D eigenvalue weighted by molar-refractivity contribution is 0.390. The second kappa shape index (κ2) is 5.53. The van der Waals surface area contributed by atoms with Gasteiger partial charge in [0.05, 0.1) is 6.54 Å². The molecule has 0 radical (unpaired) electrons. The molecule has 1 aliphatic rings. The summed E-state index contributed by atoms with van der Waals surface area (Å²) >= 11 is 4.48. The lowest BCUT2D eigenvalue weighted by Gasteiger charge is -2.15. The highest BCUT2D eigenvalue weighted by Crippen LogP contribution is 2.47. The molecule has 0 aliphatic heterocycles. The third-order valence-electron chi connectivity index (χ3n) is 3.76. The first-order valence-corrected chi connectivity index (χ1v) is 9.79. The summed E-state index contributed by atoms with van der Waals surface area (Å²) in [6.45, 7) is 2.44. The number of furan rings is 1. The van der Waals surface area contributed by atoms with Gasteiger partial charge in [0, 0.05) is 17.4 Å². The molecule has 2 unspecified atom stereocenters. The van der Waals surface area contributed by atoms with E-state index in [1.165, 1.54) is 15.6 Å². The third kappa shape index (κ3) is 2.97. The van der Waals surface area contributed by atoms with Gasteiger partial charge < -0.3 is 4.42 Å². The summed E-state index contributed by atoms with van der Waals surface area (Å²) in [5, 5.41) is 1.75. The van der Waals surface area contributed by atoms with Gasteiger partial charge in [0.15, 0.2) is 0 Å². The fourth-order valence-electron chi connectivity index (χ4n) is 2.31. The third-order valence-corrected chi connectivity index (χ3v) is 8.22. The van der Waals surface area contributed by atoms with E-state index in [1.54, 1.807) is 18.5 Å². The first-order valence-electron chi connectivity index (χ1n) is 6.67. The van der Waals surface area contributed by atoms with Gasteiger partial charge in [-0.1, -0.05) is 6.92 Å². The quantitative estimate of drug-likeness (QED) is 0.774. The fraction of sp³-hybridized carbons (Fsp3) is 0.429. The highest BCUT2D eigenvalue weighted by Gasteiger charge is 2.36. The van der Waals surface area contributed by atoms with Crippen LogP contribution in [0.3, 0.4) is 0 Å². The van der Waals surface area contributed by atoms with Crippen LogP contribution in [0.2, 0.25) is 0 Å². The number of hydrogen-bond acceptors (Lipinski definition) is 4. The zero-order chi connectivity index (χ0) is 15.2. The first-order chi connectivity index (χ1) is 9.89. The molecule has 0 bridgehead atoms. The molecule has 2 heterocycles. The maximum Gasteiger partial charge on any atom is 0.253 e. The number of rotatable bonds is 5. The van der Waals surface area contributed by atoms with E-state index < -0.39 is 10.0 Å². The maximum atomic E-state index is 12.5. The summed E-state index contributed by atoms with van der Waals surface area (Å²) < 4.78 is 33.0. The fourth-order valence-corrected chi connectivity index (χ4v) is 5.95. The van der Waals surface area contributed by atoms with Crippen LogP contribution >= 0.6 is 27.3 Å². The average molecular weight is 390 g/mol. The summed E-state index contributed by atoms with van der Waals surface area (Å²) in [6, 6.07) is 5.58. The molecule has 0 amide bonds. The molecule has 2 aromatic rings. The number of hydrogen-bond donors (Lipinski definition) is 0. The van der Waals surface area contributed by atoms with Crippen LogP contribution in [0.25, 0.3) is 0 Å². The van der Waals surface area contributed by atoms with E-state index in [2.05, 4.69) is 22.9 Å². The molecule has 0 N–H and O–H groups in total. The van der Waals surface area contributed by atoms with E-state index >= 15 is 0 Å². The first kappa shape index (κ1) is 15.3. The second-order valence-electron chi connectivity index (χ2n) is 5.44. The molecule has 3 rings (SSSR count). The molecule has 21 heavy (non-hydrogen) atoms. The average Bonchev–Trinajstić information content (AvgIpc) is 2.83. The van der Waals surface area contributed by atoms with Crippen molar-refractivity contribution in [1.82, 2.24) is 4.31 Å². The van der Waals surface area contributed by atoms with E-state index in [4.69, 9.17) is 4.42 Å².